The Morgan fingerprint density at radius 1 is 1.11 bits per heavy atom. The minimum atomic E-state index is -0.739. The predicted molar refractivity (Wildman–Crippen MR) is 189 cm³/mol. The van der Waals surface area contributed by atoms with E-state index in [0.717, 1.165) is 44.0 Å². The fourth-order valence-electron chi connectivity index (χ4n) is 6.83. The Hall–Kier alpha value is -3.20. The molecule has 2 fully saturated rings. The maximum absolute atomic E-state index is 14.0. The molecule has 2 aliphatic rings. The first-order chi connectivity index (χ1) is 21.8. The lowest BCUT2D eigenvalue weighted by molar-refractivity contribution is -0.139. The molecule has 2 aromatic rings. The number of Topliss-reactive ketones (excluding diaryl/α,β-unsaturated/α-hetero) is 1. The first kappa shape index (κ1) is 38.2. The number of hydrogen-bond donors (Lipinski definition) is 1. The lowest BCUT2D eigenvalue weighted by Crippen LogP contribution is -2.52. The second-order valence-electron chi connectivity index (χ2n) is 14.9. The van der Waals surface area contributed by atoms with Crippen LogP contribution in [0.3, 0.4) is 0 Å². The van der Waals surface area contributed by atoms with Crippen molar-refractivity contribution in [3.8, 4) is 5.75 Å². The number of rotatable bonds is 13. The summed E-state index contributed by atoms with van der Waals surface area (Å²) >= 11 is 0. The normalized spacial score (nSPS) is 21.2. The van der Waals surface area contributed by atoms with E-state index in [4.69, 9.17) is 9.15 Å². The van der Waals surface area contributed by atoms with E-state index in [2.05, 4.69) is 29.2 Å². The van der Waals surface area contributed by atoms with Crippen LogP contribution in [0.2, 0.25) is 0 Å². The summed E-state index contributed by atoms with van der Waals surface area (Å²) in [6.07, 6.45) is 8.60. The van der Waals surface area contributed by atoms with Crippen LogP contribution in [0.4, 0.5) is 0 Å². The molecule has 1 aromatic heterocycles. The molecule has 2 saturated heterocycles. The molecule has 1 N–H and O–H groups in total. The van der Waals surface area contributed by atoms with Gasteiger partial charge in [-0.2, -0.15) is 0 Å². The third-order valence-electron chi connectivity index (χ3n) is 9.49. The van der Waals surface area contributed by atoms with Crippen LogP contribution in [0, 0.1) is 17.8 Å². The molecule has 47 heavy (non-hydrogen) atoms. The monoisotopic (exact) mass is 654 g/mol. The average Bonchev–Trinajstić information content (AvgIpc) is 3.66. The Bertz CT molecular complexity index is 1320. The molecule has 9 nitrogen and oxygen atoms in total. The highest BCUT2D eigenvalue weighted by Crippen LogP contribution is 2.28. The first-order valence-corrected chi connectivity index (χ1v) is 17.3. The van der Waals surface area contributed by atoms with Crippen molar-refractivity contribution in [3.05, 3.63) is 47.7 Å². The quantitative estimate of drug-likeness (QED) is 0.242. The van der Waals surface area contributed by atoms with Crippen molar-refractivity contribution >= 4 is 17.6 Å². The smallest absolute Gasteiger partial charge is 0.255 e. The van der Waals surface area contributed by atoms with Gasteiger partial charge in [0.2, 0.25) is 11.8 Å². The van der Waals surface area contributed by atoms with Crippen molar-refractivity contribution in [1.82, 2.24) is 20.1 Å². The Labute approximate surface area is 284 Å². The van der Waals surface area contributed by atoms with Crippen molar-refractivity contribution < 1.29 is 25.0 Å². The van der Waals surface area contributed by atoms with Crippen LogP contribution >= 0.6 is 0 Å². The molecule has 0 spiro atoms. The van der Waals surface area contributed by atoms with Crippen molar-refractivity contribution in [2.75, 3.05) is 26.7 Å². The number of carbonyl (C=O) groups excluding carboxylic acids is 3. The summed E-state index contributed by atoms with van der Waals surface area (Å²) < 4.78 is 11.8. The number of hydrogen-bond acceptors (Lipinski definition) is 7. The third-order valence-corrected chi connectivity index (χ3v) is 9.49. The zero-order valence-electron chi connectivity index (χ0n) is 29.1. The Morgan fingerprint density at radius 2 is 1.81 bits per heavy atom. The number of carbonyl (C=O) groups is 3. The minimum absolute atomic E-state index is 0. The van der Waals surface area contributed by atoms with Crippen molar-refractivity contribution in [1.29, 1.82) is 0 Å². The number of ketones is 1. The summed E-state index contributed by atoms with van der Waals surface area (Å²) in [5.41, 5.74) is 0.156. The summed E-state index contributed by atoms with van der Waals surface area (Å²) in [6.45, 7) is 15.2. The van der Waals surface area contributed by atoms with E-state index >= 15 is 0 Å². The number of nitrogens with one attached hydrogen (secondary N) is 1. The molecule has 4 rings (SSSR count). The molecule has 2 unspecified atom stereocenters. The molecule has 3 heterocycles. The number of amides is 2. The van der Waals surface area contributed by atoms with Gasteiger partial charge in [-0.3, -0.25) is 14.4 Å². The van der Waals surface area contributed by atoms with Crippen LogP contribution in [-0.4, -0.2) is 71.1 Å². The van der Waals surface area contributed by atoms with E-state index < -0.39 is 12.1 Å². The first-order valence-electron chi connectivity index (χ1n) is 17.3. The summed E-state index contributed by atoms with van der Waals surface area (Å²) in [4.78, 5) is 49.7. The number of para-hydroxylation sites is 1. The van der Waals surface area contributed by atoms with Crippen LogP contribution in [0.5, 0.6) is 5.75 Å². The maximum Gasteiger partial charge on any atom is 0.255 e. The number of oxazole rings is 1. The lowest BCUT2D eigenvalue weighted by atomic mass is 9.91. The number of benzene rings is 1. The zero-order valence-corrected chi connectivity index (χ0v) is 29.1. The van der Waals surface area contributed by atoms with Gasteiger partial charge in [-0.05, 0) is 75.5 Å². The summed E-state index contributed by atoms with van der Waals surface area (Å²) in [5, 5.41) is 3.00. The lowest BCUT2D eigenvalue weighted by Gasteiger charge is -2.30. The second-order valence-corrected chi connectivity index (χ2v) is 14.9. The summed E-state index contributed by atoms with van der Waals surface area (Å²) in [7, 11) is 2.19. The predicted octanol–water partition coefficient (Wildman–Crippen LogP) is 7.29. The van der Waals surface area contributed by atoms with Gasteiger partial charge < -0.3 is 24.3 Å². The summed E-state index contributed by atoms with van der Waals surface area (Å²) in [6, 6.07) is 5.83. The van der Waals surface area contributed by atoms with Crippen LogP contribution in [0.15, 0.2) is 34.9 Å². The van der Waals surface area contributed by atoms with Gasteiger partial charge in [0.05, 0.1) is 17.8 Å². The van der Waals surface area contributed by atoms with Crippen LogP contribution in [0.1, 0.15) is 124 Å². The number of aromatic nitrogens is 1. The average molecular weight is 655 g/mol. The highest BCUT2D eigenvalue weighted by molar-refractivity contribution is 6.00. The molecule has 2 aliphatic heterocycles. The van der Waals surface area contributed by atoms with E-state index in [9.17, 15) is 14.4 Å². The van der Waals surface area contributed by atoms with Gasteiger partial charge in [0.25, 0.3) is 5.91 Å². The number of likely N-dealkylation sites (tertiary alicyclic amines) is 2. The Kier molecular flexibility index (Phi) is 14.1. The topological polar surface area (TPSA) is 105 Å². The molecule has 264 valence electrons. The molecule has 9 heteroatoms. The fraction of sp³-hybridized carbons (Fsp3) is 0.684. The Balaban J connectivity index is 0.00000400. The molecule has 0 saturated carbocycles. The van der Waals surface area contributed by atoms with Crippen molar-refractivity contribution in [3.63, 3.8) is 0 Å². The van der Waals surface area contributed by atoms with Crippen molar-refractivity contribution in [2.24, 2.45) is 17.8 Å². The zero-order chi connectivity index (χ0) is 33.4. The van der Waals surface area contributed by atoms with E-state index in [0.29, 0.717) is 48.9 Å². The molecule has 2 amide bonds. The second kappa shape index (κ2) is 17.3. The van der Waals surface area contributed by atoms with Gasteiger partial charge in [-0.25, -0.2) is 4.98 Å². The minimum Gasteiger partial charge on any atom is -0.483 e. The van der Waals surface area contributed by atoms with Gasteiger partial charge in [0.1, 0.15) is 17.6 Å². The Morgan fingerprint density at radius 3 is 2.49 bits per heavy atom. The van der Waals surface area contributed by atoms with E-state index in [-0.39, 0.29) is 44.4 Å². The molecule has 0 bridgehead atoms. The number of ether oxygens (including phenoxy) is 1. The molecular formula is C38H62N4O5. The van der Waals surface area contributed by atoms with E-state index in [1.165, 1.54) is 12.8 Å². The number of nitrogens with zero attached hydrogens (tertiary/aromatic N) is 3. The van der Waals surface area contributed by atoms with Gasteiger partial charge in [0, 0.05) is 32.9 Å². The fourth-order valence-corrected chi connectivity index (χ4v) is 6.83. The van der Waals surface area contributed by atoms with Gasteiger partial charge in [-0.15, -0.1) is 0 Å². The van der Waals surface area contributed by atoms with E-state index in [1.54, 1.807) is 35.4 Å². The largest absolute Gasteiger partial charge is 0.483 e. The molecule has 4 atom stereocenters. The highest BCUT2D eigenvalue weighted by Gasteiger charge is 2.38. The van der Waals surface area contributed by atoms with Crippen LogP contribution in [0.25, 0.3) is 0 Å². The van der Waals surface area contributed by atoms with Gasteiger partial charge in [0.15, 0.2) is 12.4 Å². The third kappa shape index (κ3) is 10.6. The molecule has 0 aliphatic carbocycles. The van der Waals surface area contributed by atoms with E-state index in [1.807, 2.05) is 34.6 Å². The summed E-state index contributed by atoms with van der Waals surface area (Å²) in [5.74, 6) is 2.56. The maximum atomic E-state index is 14.0. The molecule has 0 radical (unpaired) electrons. The van der Waals surface area contributed by atoms with Crippen LogP contribution < -0.4 is 10.1 Å². The molecular weight excluding hydrogens is 592 g/mol. The van der Waals surface area contributed by atoms with Crippen molar-refractivity contribution in [2.45, 2.75) is 124 Å². The standard InChI is InChI=1S/C37H56N4O5.CH4.H2/c1-8-26-15-16-27(23-40(7)22-26)17-18-31(42)30-13-11-19-41(30)36(44)29(20-25(2)3)39-35(43)28-12-9-10-14-32(28)45-24-34-38-21-33(46-34)37(4,5)6;;/h9-10,12,14,21,25-27,29-30H,8,11,13,15-20,22-24H2,1-7H3,(H,39,43);1H4;1H/t26?,27?,29-,30-;;/m1../s1. The van der Waals surface area contributed by atoms with Crippen LogP contribution in [-0.2, 0) is 21.6 Å². The van der Waals surface area contributed by atoms with Gasteiger partial charge >= 0.3 is 0 Å². The van der Waals surface area contributed by atoms with Gasteiger partial charge in [-0.1, -0.05) is 67.5 Å². The SMILES string of the molecule is C.CCC1CCC(CCC(=O)[C@H]2CCCN2C(=O)[C@@H](CC(C)C)NC(=O)c2ccccc2OCc2ncc(C(C)(C)C)o2)CN(C)C1.[HH]. The highest BCUT2D eigenvalue weighted by atomic mass is 16.5. The molecule has 1 aromatic carbocycles.